The van der Waals surface area contributed by atoms with E-state index in [1.165, 1.54) is 5.56 Å². The number of hydrogen-bond acceptors (Lipinski definition) is 5. The fraction of sp³-hybridized carbons (Fsp3) is 0.333. The summed E-state index contributed by atoms with van der Waals surface area (Å²) in [7, 11) is 0. The predicted molar refractivity (Wildman–Crippen MR) is 90.3 cm³/mol. The van der Waals surface area contributed by atoms with Crippen molar-refractivity contribution in [2.45, 2.75) is 5.92 Å². The Balaban J connectivity index is 1.60. The van der Waals surface area contributed by atoms with Gasteiger partial charge in [-0.2, -0.15) is 0 Å². The van der Waals surface area contributed by atoms with Crippen molar-refractivity contribution < 1.29 is 9.84 Å². The van der Waals surface area contributed by atoms with E-state index in [2.05, 4.69) is 25.9 Å². The van der Waals surface area contributed by atoms with Crippen LogP contribution in [0.25, 0.3) is 11.0 Å². The van der Waals surface area contributed by atoms with Crippen LogP contribution >= 0.6 is 0 Å². The number of anilines is 1. The van der Waals surface area contributed by atoms with E-state index in [4.69, 9.17) is 4.74 Å². The van der Waals surface area contributed by atoms with Crippen LogP contribution < -0.4 is 9.64 Å². The Morgan fingerprint density at radius 2 is 2.21 bits per heavy atom. The molecular formula is C18H18N4O2. The largest absolute Gasteiger partial charge is 0.493 e. The summed E-state index contributed by atoms with van der Waals surface area (Å²) >= 11 is 0. The molecule has 5 rings (SSSR count). The molecule has 2 atom stereocenters. The average Bonchev–Trinajstić information content (AvgIpc) is 3.26. The van der Waals surface area contributed by atoms with Crippen molar-refractivity contribution in [2.75, 3.05) is 31.2 Å². The van der Waals surface area contributed by atoms with Crippen molar-refractivity contribution in [1.82, 2.24) is 15.0 Å². The highest BCUT2D eigenvalue weighted by Gasteiger charge is 2.51. The molecule has 2 aromatic heterocycles. The van der Waals surface area contributed by atoms with Crippen LogP contribution in [0.5, 0.6) is 5.75 Å². The standard InChI is InChI=1S/C18H18N4O2/c23-9-18-8-22(17-13-5-6-19-16(13)20-11-21-17)7-14(18)12-3-1-2-4-15(12)24-10-18/h1-6,11,14,23H,7-10H2,(H,19,20,21)/t14-,18-/m0/s1. The van der Waals surface area contributed by atoms with Crippen LogP contribution in [-0.2, 0) is 0 Å². The summed E-state index contributed by atoms with van der Waals surface area (Å²) in [6, 6.07) is 10.1. The van der Waals surface area contributed by atoms with E-state index in [9.17, 15) is 5.11 Å². The Bertz CT molecular complexity index is 909. The van der Waals surface area contributed by atoms with Crippen molar-refractivity contribution in [3.8, 4) is 5.75 Å². The number of nitrogens with one attached hydrogen (secondary N) is 1. The predicted octanol–water partition coefficient (Wildman–Crippen LogP) is 1.93. The number of aromatic amines is 1. The van der Waals surface area contributed by atoms with Gasteiger partial charge in [-0.05, 0) is 17.7 Å². The third-order valence-electron chi connectivity index (χ3n) is 5.40. The molecule has 122 valence electrons. The second-order valence-electron chi connectivity index (χ2n) is 6.72. The normalized spacial score (nSPS) is 25.4. The third kappa shape index (κ3) is 1.80. The van der Waals surface area contributed by atoms with E-state index in [1.54, 1.807) is 6.33 Å². The fourth-order valence-electron chi connectivity index (χ4n) is 4.14. The molecule has 0 radical (unpaired) electrons. The minimum Gasteiger partial charge on any atom is -0.493 e. The van der Waals surface area contributed by atoms with Gasteiger partial charge < -0.3 is 19.7 Å². The monoisotopic (exact) mass is 322 g/mol. The number of H-pyrrole nitrogens is 1. The lowest BCUT2D eigenvalue weighted by molar-refractivity contribution is 0.0535. The molecule has 0 spiro atoms. The van der Waals surface area contributed by atoms with Crippen LogP contribution in [0.4, 0.5) is 5.82 Å². The zero-order valence-electron chi connectivity index (χ0n) is 13.1. The molecule has 1 saturated heterocycles. The van der Waals surface area contributed by atoms with Crippen LogP contribution in [0, 0.1) is 5.41 Å². The molecule has 24 heavy (non-hydrogen) atoms. The topological polar surface area (TPSA) is 74.3 Å². The lowest BCUT2D eigenvalue weighted by Crippen LogP contribution is -2.42. The van der Waals surface area contributed by atoms with Crippen LogP contribution in [0.2, 0.25) is 0 Å². The number of hydrogen-bond donors (Lipinski definition) is 2. The highest BCUT2D eigenvalue weighted by Crippen LogP contribution is 2.50. The number of benzene rings is 1. The minimum atomic E-state index is -0.290. The molecule has 2 N–H and O–H groups in total. The summed E-state index contributed by atoms with van der Waals surface area (Å²) in [5.74, 6) is 2.08. The molecule has 6 nitrogen and oxygen atoms in total. The number of nitrogens with zero attached hydrogens (tertiary/aromatic N) is 3. The van der Waals surface area contributed by atoms with Gasteiger partial charge in [-0.1, -0.05) is 18.2 Å². The molecule has 0 saturated carbocycles. The van der Waals surface area contributed by atoms with Crippen molar-refractivity contribution in [3.63, 3.8) is 0 Å². The molecule has 0 aliphatic carbocycles. The maximum absolute atomic E-state index is 10.2. The first-order valence-corrected chi connectivity index (χ1v) is 8.16. The van der Waals surface area contributed by atoms with Crippen LogP contribution in [0.15, 0.2) is 42.9 Å². The van der Waals surface area contributed by atoms with Gasteiger partial charge in [0.15, 0.2) is 0 Å². The van der Waals surface area contributed by atoms with Gasteiger partial charge in [0.1, 0.15) is 23.5 Å². The molecule has 1 aromatic carbocycles. The second-order valence-corrected chi connectivity index (χ2v) is 6.72. The number of aromatic nitrogens is 3. The molecule has 3 aromatic rings. The first kappa shape index (κ1) is 13.8. The Hall–Kier alpha value is -2.60. The van der Waals surface area contributed by atoms with Gasteiger partial charge in [-0.15, -0.1) is 0 Å². The van der Waals surface area contributed by atoms with Crippen molar-refractivity contribution in [3.05, 3.63) is 48.4 Å². The minimum absolute atomic E-state index is 0.101. The molecule has 2 aliphatic rings. The molecule has 0 bridgehead atoms. The summed E-state index contributed by atoms with van der Waals surface area (Å²) in [6.45, 7) is 2.17. The Kier molecular flexibility index (Phi) is 2.84. The molecule has 2 aliphatic heterocycles. The summed E-state index contributed by atoms with van der Waals surface area (Å²) < 4.78 is 5.96. The SMILES string of the molecule is OC[C@@]12COc3ccccc3[C@@H]1CN(c1ncnc3[nH]ccc13)C2. The van der Waals surface area contributed by atoms with E-state index in [0.717, 1.165) is 35.7 Å². The maximum atomic E-state index is 10.2. The molecule has 4 heterocycles. The van der Waals surface area contributed by atoms with E-state index < -0.39 is 0 Å². The smallest absolute Gasteiger partial charge is 0.142 e. The average molecular weight is 322 g/mol. The van der Waals surface area contributed by atoms with Crippen LogP contribution in [-0.4, -0.2) is 46.4 Å². The lowest BCUT2D eigenvalue weighted by Gasteiger charge is -2.37. The van der Waals surface area contributed by atoms with Gasteiger partial charge in [0.25, 0.3) is 0 Å². The van der Waals surface area contributed by atoms with Gasteiger partial charge in [0.05, 0.1) is 24.0 Å². The number of fused-ring (bicyclic) bond motifs is 4. The Labute approximate surface area is 139 Å². The zero-order valence-corrected chi connectivity index (χ0v) is 13.1. The molecule has 1 fully saturated rings. The van der Waals surface area contributed by atoms with Gasteiger partial charge in [-0.3, -0.25) is 0 Å². The molecule has 0 unspecified atom stereocenters. The van der Waals surface area contributed by atoms with Crippen molar-refractivity contribution in [1.29, 1.82) is 0 Å². The second kappa shape index (κ2) is 4.95. The van der Waals surface area contributed by atoms with E-state index in [-0.39, 0.29) is 17.9 Å². The molecule has 6 heteroatoms. The van der Waals surface area contributed by atoms with Gasteiger partial charge in [-0.25, -0.2) is 9.97 Å². The summed E-state index contributed by atoms with van der Waals surface area (Å²) in [4.78, 5) is 14.2. The van der Waals surface area contributed by atoms with Crippen molar-refractivity contribution >= 4 is 16.9 Å². The van der Waals surface area contributed by atoms with E-state index >= 15 is 0 Å². The van der Waals surface area contributed by atoms with Crippen LogP contribution in [0.3, 0.4) is 0 Å². The summed E-state index contributed by atoms with van der Waals surface area (Å²) in [5.41, 5.74) is 1.73. The third-order valence-corrected chi connectivity index (χ3v) is 5.40. The summed E-state index contributed by atoms with van der Waals surface area (Å²) in [5, 5.41) is 11.2. The van der Waals surface area contributed by atoms with Crippen molar-refractivity contribution in [2.24, 2.45) is 5.41 Å². The quantitative estimate of drug-likeness (QED) is 0.754. The fourth-order valence-corrected chi connectivity index (χ4v) is 4.14. The number of rotatable bonds is 2. The number of para-hydroxylation sites is 1. The Morgan fingerprint density at radius 3 is 3.12 bits per heavy atom. The Morgan fingerprint density at radius 1 is 1.29 bits per heavy atom. The van der Waals surface area contributed by atoms with E-state index in [0.29, 0.717) is 6.61 Å². The summed E-state index contributed by atoms with van der Waals surface area (Å²) in [6.07, 6.45) is 3.47. The van der Waals surface area contributed by atoms with Crippen LogP contribution in [0.1, 0.15) is 11.5 Å². The number of aliphatic hydroxyl groups is 1. The van der Waals surface area contributed by atoms with Gasteiger partial charge in [0, 0.05) is 25.2 Å². The zero-order chi connectivity index (χ0) is 16.1. The van der Waals surface area contributed by atoms with Gasteiger partial charge in [0.2, 0.25) is 0 Å². The highest BCUT2D eigenvalue weighted by atomic mass is 16.5. The number of aliphatic hydroxyl groups excluding tert-OH is 1. The van der Waals surface area contributed by atoms with E-state index in [1.807, 2.05) is 30.5 Å². The molecule has 0 amide bonds. The first-order chi connectivity index (χ1) is 11.8. The lowest BCUT2D eigenvalue weighted by atomic mass is 9.74. The molecular weight excluding hydrogens is 304 g/mol. The van der Waals surface area contributed by atoms with Gasteiger partial charge >= 0.3 is 0 Å². The number of ether oxygens (including phenoxy) is 1. The maximum Gasteiger partial charge on any atom is 0.142 e. The highest BCUT2D eigenvalue weighted by molar-refractivity contribution is 5.87. The first-order valence-electron chi connectivity index (χ1n) is 8.16.